The maximum Gasteiger partial charge on any atom is 0.237 e. The minimum atomic E-state index is -0.302. The van der Waals surface area contributed by atoms with E-state index in [9.17, 15) is 10.1 Å². The standard InChI is InChI=1S/C29H20N4O2S/c30-17-23-27(21-12-6-2-7-13-21)28(22-14-8-3-9-15-22)35-29(23)33-25(34)18-36-26-16-24(31-19-32-26)20-10-4-1-5-11-20/h1-16,19H,18H2,(H,33,34). The van der Waals surface area contributed by atoms with E-state index in [0.717, 1.165) is 22.4 Å². The number of amides is 1. The second-order valence-electron chi connectivity index (χ2n) is 7.80. The fraction of sp³-hybridized carbons (Fsp3) is 0.0345. The van der Waals surface area contributed by atoms with Crippen LogP contribution in [0.4, 0.5) is 5.88 Å². The SMILES string of the molecule is N#Cc1c(NC(=O)CSc2cc(-c3ccccc3)ncn2)oc(-c2ccccc2)c1-c1ccccc1. The van der Waals surface area contributed by atoms with Crippen molar-refractivity contribution in [1.29, 1.82) is 5.26 Å². The fourth-order valence-corrected chi connectivity index (χ4v) is 4.45. The first-order valence-corrected chi connectivity index (χ1v) is 12.2. The van der Waals surface area contributed by atoms with Crippen molar-refractivity contribution in [3.05, 3.63) is 109 Å². The van der Waals surface area contributed by atoms with Crippen molar-refractivity contribution >= 4 is 23.6 Å². The van der Waals surface area contributed by atoms with Gasteiger partial charge in [-0.2, -0.15) is 5.26 Å². The van der Waals surface area contributed by atoms with Crippen LogP contribution in [0.25, 0.3) is 33.7 Å². The van der Waals surface area contributed by atoms with Gasteiger partial charge in [-0.1, -0.05) is 103 Å². The van der Waals surface area contributed by atoms with Crippen molar-refractivity contribution in [3.63, 3.8) is 0 Å². The van der Waals surface area contributed by atoms with E-state index in [1.807, 2.05) is 97.1 Å². The molecule has 0 fully saturated rings. The molecule has 2 heterocycles. The van der Waals surface area contributed by atoms with Gasteiger partial charge >= 0.3 is 0 Å². The quantitative estimate of drug-likeness (QED) is 0.203. The Balaban J connectivity index is 1.39. The van der Waals surface area contributed by atoms with Crippen LogP contribution >= 0.6 is 11.8 Å². The molecule has 0 radical (unpaired) electrons. The highest BCUT2D eigenvalue weighted by molar-refractivity contribution is 7.99. The van der Waals surface area contributed by atoms with Crippen LogP contribution in [0, 0.1) is 11.3 Å². The van der Waals surface area contributed by atoms with Crippen molar-refractivity contribution in [2.45, 2.75) is 5.03 Å². The molecule has 5 rings (SSSR count). The molecule has 2 aromatic heterocycles. The number of carbonyl (C=O) groups excluding carboxylic acids is 1. The number of hydrogen-bond acceptors (Lipinski definition) is 6. The van der Waals surface area contributed by atoms with Gasteiger partial charge in [0.2, 0.25) is 11.8 Å². The summed E-state index contributed by atoms with van der Waals surface area (Å²) < 4.78 is 6.09. The normalized spacial score (nSPS) is 10.5. The third-order valence-corrected chi connectivity index (χ3v) is 6.36. The summed E-state index contributed by atoms with van der Waals surface area (Å²) in [4.78, 5) is 21.5. The highest BCUT2D eigenvalue weighted by Crippen LogP contribution is 2.41. The van der Waals surface area contributed by atoms with Gasteiger partial charge in [0, 0.05) is 16.7 Å². The van der Waals surface area contributed by atoms with E-state index < -0.39 is 0 Å². The number of furan rings is 1. The Bertz CT molecular complexity index is 1530. The molecule has 6 nitrogen and oxygen atoms in total. The summed E-state index contributed by atoms with van der Waals surface area (Å²) in [6.45, 7) is 0. The molecule has 0 atom stereocenters. The molecule has 3 aromatic carbocycles. The molecule has 174 valence electrons. The van der Waals surface area contributed by atoms with Gasteiger partial charge in [0.25, 0.3) is 0 Å². The van der Waals surface area contributed by atoms with Crippen LogP contribution in [-0.2, 0) is 4.79 Å². The number of aromatic nitrogens is 2. The van der Waals surface area contributed by atoms with Crippen LogP contribution < -0.4 is 5.32 Å². The summed E-state index contributed by atoms with van der Waals surface area (Å²) in [5.41, 5.74) is 4.34. The molecule has 0 bridgehead atoms. The van der Waals surface area contributed by atoms with Crippen molar-refractivity contribution in [1.82, 2.24) is 9.97 Å². The van der Waals surface area contributed by atoms with Crippen molar-refractivity contribution in [2.24, 2.45) is 0 Å². The third kappa shape index (κ3) is 5.04. The average molecular weight is 489 g/mol. The molecule has 0 saturated heterocycles. The van der Waals surface area contributed by atoms with Gasteiger partial charge in [0.05, 0.1) is 11.4 Å². The molecule has 0 unspecified atom stereocenters. The Kier molecular flexibility index (Phi) is 6.88. The van der Waals surface area contributed by atoms with Gasteiger partial charge in [-0.25, -0.2) is 9.97 Å². The third-order valence-electron chi connectivity index (χ3n) is 5.43. The summed E-state index contributed by atoms with van der Waals surface area (Å²) in [7, 11) is 0. The molecule has 0 aliphatic rings. The highest BCUT2D eigenvalue weighted by Gasteiger charge is 2.24. The van der Waals surface area contributed by atoms with Crippen molar-refractivity contribution in [2.75, 3.05) is 11.1 Å². The molecule has 5 aromatic rings. The smallest absolute Gasteiger partial charge is 0.237 e. The van der Waals surface area contributed by atoms with Gasteiger partial charge in [-0.05, 0) is 11.6 Å². The maximum atomic E-state index is 12.9. The number of benzene rings is 3. The van der Waals surface area contributed by atoms with Crippen LogP contribution in [0.5, 0.6) is 0 Å². The Morgan fingerprint density at radius 1 is 0.861 bits per heavy atom. The molecular formula is C29H20N4O2S. The lowest BCUT2D eigenvalue weighted by Crippen LogP contribution is -2.14. The zero-order valence-corrected chi connectivity index (χ0v) is 19.9. The van der Waals surface area contributed by atoms with Gasteiger partial charge < -0.3 is 4.42 Å². The van der Waals surface area contributed by atoms with Gasteiger partial charge in [-0.15, -0.1) is 0 Å². The first kappa shape index (κ1) is 23.1. The van der Waals surface area contributed by atoms with E-state index in [4.69, 9.17) is 4.42 Å². The number of nitriles is 1. The zero-order chi connectivity index (χ0) is 24.7. The highest BCUT2D eigenvalue weighted by atomic mass is 32.2. The topological polar surface area (TPSA) is 91.8 Å². The second kappa shape index (κ2) is 10.7. The van der Waals surface area contributed by atoms with Crippen LogP contribution in [0.2, 0.25) is 0 Å². The van der Waals surface area contributed by atoms with E-state index in [0.29, 0.717) is 16.3 Å². The minimum absolute atomic E-state index is 0.0954. The lowest BCUT2D eigenvalue weighted by atomic mass is 9.98. The zero-order valence-electron chi connectivity index (χ0n) is 19.1. The van der Waals surface area contributed by atoms with Gasteiger partial charge in [0.15, 0.2) is 0 Å². The summed E-state index contributed by atoms with van der Waals surface area (Å²) in [6.07, 6.45) is 1.49. The van der Waals surface area contributed by atoms with Gasteiger partial charge in [0.1, 0.15) is 28.7 Å². The van der Waals surface area contributed by atoms with Crippen LogP contribution in [-0.4, -0.2) is 21.6 Å². The first-order chi connectivity index (χ1) is 17.7. The number of nitrogens with zero attached hydrogens (tertiary/aromatic N) is 3. The fourth-order valence-electron chi connectivity index (χ4n) is 3.79. The molecule has 0 aliphatic carbocycles. The predicted molar refractivity (Wildman–Crippen MR) is 141 cm³/mol. The molecule has 7 heteroatoms. The molecule has 36 heavy (non-hydrogen) atoms. The molecular weight excluding hydrogens is 468 g/mol. The number of hydrogen-bond donors (Lipinski definition) is 1. The Morgan fingerprint density at radius 3 is 2.11 bits per heavy atom. The van der Waals surface area contributed by atoms with E-state index >= 15 is 0 Å². The Morgan fingerprint density at radius 2 is 1.47 bits per heavy atom. The Hall–Kier alpha value is -4.67. The number of anilines is 1. The molecule has 0 spiro atoms. The monoisotopic (exact) mass is 488 g/mol. The van der Waals surface area contributed by atoms with Crippen LogP contribution in [0.1, 0.15) is 5.56 Å². The van der Waals surface area contributed by atoms with E-state index in [2.05, 4.69) is 21.4 Å². The number of carbonyl (C=O) groups is 1. The predicted octanol–water partition coefficient (Wildman–Crippen LogP) is 6.67. The van der Waals surface area contributed by atoms with E-state index in [1.54, 1.807) is 0 Å². The first-order valence-electron chi connectivity index (χ1n) is 11.2. The minimum Gasteiger partial charge on any atom is -0.438 e. The molecule has 1 amide bonds. The lowest BCUT2D eigenvalue weighted by Gasteiger charge is -2.05. The van der Waals surface area contributed by atoms with Crippen molar-refractivity contribution < 1.29 is 9.21 Å². The maximum absolute atomic E-state index is 12.9. The Labute approximate surface area is 212 Å². The molecule has 1 N–H and O–H groups in total. The average Bonchev–Trinajstić information content (AvgIpc) is 3.31. The summed E-state index contributed by atoms with van der Waals surface area (Å²) in [5.74, 6) is 0.459. The largest absolute Gasteiger partial charge is 0.438 e. The van der Waals surface area contributed by atoms with E-state index in [-0.39, 0.29) is 23.1 Å². The molecule has 0 aliphatic heterocycles. The van der Waals surface area contributed by atoms with Gasteiger partial charge in [-0.3, -0.25) is 10.1 Å². The summed E-state index contributed by atoms with van der Waals surface area (Å²) in [6, 6.07) is 32.9. The number of rotatable bonds is 7. The summed E-state index contributed by atoms with van der Waals surface area (Å²) in [5, 5.41) is 13.5. The lowest BCUT2D eigenvalue weighted by molar-refractivity contribution is -0.113. The number of nitrogens with one attached hydrogen (secondary N) is 1. The number of thioether (sulfide) groups is 1. The van der Waals surface area contributed by atoms with Crippen molar-refractivity contribution in [3.8, 4) is 39.8 Å². The molecule has 0 saturated carbocycles. The second-order valence-corrected chi connectivity index (χ2v) is 8.79. The summed E-state index contributed by atoms with van der Waals surface area (Å²) >= 11 is 1.29. The van der Waals surface area contributed by atoms with Crippen LogP contribution in [0.15, 0.2) is 113 Å². The van der Waals surface area contributed by atoms with Crippen LogP contribution in [0.3, 0.4) is 0 Å². The van der Waals surface area contributed by atoms with E-state index in [1.165, 1.54) is 18.1 Å².